The van der Waals surface area contributed by atoms with E-state index in [2.05, 4.69) is 5.10 Å². The molecule has 0 saturated heterocycles. The van der Waals surface area contributed by atoms with Crippen molar-refractivity contribution in [2.75, 3.05) is 0 Å². The molecule has 0 spiro atoms. The maximum absolute atomic E-state index is 10.7. The predicted molar refractivity (Wildman–Crippen MR) is 46.9 cm³/mol. The van der Waals surface area contributed by atoms with Gasteiger partial charge in [0.05, 0.1) is 5.69 Å². The minimum absolute atomic E-state index is 0.222. The van der Waals surface area contributed by atoms with Gasteiger partial charge in [0, 0.05) is 19.7 Å². The van der Waals surface area contributed by atoms with Gasteiger partial charge in [-0.05, 0) is 25.8 Å². The molecule has 1 rings (SSSR count). The van der Waals surface area contributed by atoms with Gasteiger partial charge in [-0.2, -0.15) is 5.10 Å². The van der Waals surface area contributed by atoms with Crippen LogP contribution in [-0.2, 0) is 18.3 Å². The normalized spacial score (nSPS) is 10.2. The van der Waals surface area contributed by atoms with Crippen molar-refractivity contribution in [1.29, 1.82) is 0 Å². The molecule has 66 valence electrons. The van der Waals surface area contributed by atoms with Crippen molar-refractivity contribution >= 4 is 5.78 Å². The van der Waals surface area contributed by atoms with Crippen molar-refractivity contribution in [3.63, 3.8) is 0 Å². The van der Waals surface area contributed by atoms with E-state index in [1.54, 1.807) is 11.6 Å². The number of aromatic nitrogens is 2. The van der Waals surface area contributed by atoms with E-state index < -0.39 is 0 Å². The highest BCUT2D eigenvalue weighted by Crippen LogP contribution is 2.06. The number of hydrogen-bond acceptors (Lipinski definition) is 2. The van der Waals surface area contributed by atoms with E-state index >= 15 is 0 Å². The number of aryl methyl sites for hydroxylation is 3. The monoisotopic (exact) mass is 166 g/mol. The lowest BCUT2D eigenvalue weighted by Crippen LogP contribution is -1.97. The van der Waals surface area contributed by atoms with Gasteiger partial charge in [-0.3, -0.25) is 4.68 Å². The van der Waals surface area contributed by atoms with Crippen LogP contribution in [0, 0.1) is 6.92 Å². The van der Waals surface area contributed by atoms with Crippen LogP contribution in [0.15, 0.2) is 6.20 Å². The van der Waals surface area contributed by atoms with Crippen molar-refractivity contribution in [1.82, 2.24) is 9.78 Å². The van der Waals surface area contributed by atoms with Gasteiger partial charge in [-0.1, -0.05) is 0 Å². The molecule has 0 unspecified atom stereocenters. The highest BCUT2D eigenvalue weighted by molar-refractivity contribution is 5.75. The Morgan fingerprint density at radius 3 is 2.75 bits per heavy atom. The van der Waals surface area contributed by atoms with E-state index in [0.717, 1.165) is 12.1 Å². The number of carbonyl (C=O) groups is 1. The number of ketones is 1. The van der Waals surface area contributed by atoms with E-state index in [9.17, 15) is 4.79 Å². The maximum atomic E-state index is 10.7. The molecule has 3 nitrogen and oxygen atoms in total. The number of carbonyl (C=O) groups excluding carboxylic acids is 1. The quantitative estimate of drug-likeness (QED) is 0.677. The molecular weight excluding hydrogens is 152 g/mol. The molecule has 0 aliphatic rings. The summed E-state index contributed by atoms with van der Waals surface area (Å²) in [6, 6.07) is 0. The van der Waals surface area contributed by atoms with Gasteiger partial charge in [0.25, 0.3) is 0 Å². The summed E-state index contributed by atoms with van der Waals surface area (Å²) in [4.78, 5) is 10.7. The molecule has 0 saturated carbocycles. The van der Waals surface area contributed by atoms with Crippen molar-refractivity contribution in [3.8, 4) is 0 Å². The summed E-state index contributed by atoms with van der Waals surface area (Å²) in [7, 11) is 1.89. The van der Waals surface area contributed by atoms with Crippen LogP contribution in [0.2, 0.25) is 0 Å². The molecule has 0 fully saturated rings. The number of hydrogen-bond donors (Lipinski definition) is 0. The van der Waals surface area contributed by atoms with Crippen LogP contribution < -0.4 is 0 Å². The molecule has 0 amide bonds. The summed E-state index contributed by atoms with van der Waals surface area (Å²) in [5.41, 5.74) is 2.20. The van der Waals surface area contributed by atoms with E-state index in [1.165, 1.54) is 5.56 Å². The van der Waals surface area contributed by atoms with Crippen LogP contribution in [0.4, 0.5) is 0 Å². The minimum atomic E-state index is 0.222. The molecule has 0 aromatic carbocycles. The Labute approximate surface area is 72.4 Å². The zero-order valence-corrected chi connectivity index (χ0v) is 7.79. The number of rotatable bonds is 3. The van der Waals surface area contributed by atoms with Crippen molar-refractivity contribution in [2.24, 2.45) is 7.05 Å². The Balaban J connectivity index is 2.62. The Morgan fingerprint density at radius 2 is 2.33 bits per heavy atom. The van der Waals surface area contributed by atoms with Crippen LogP contribution in [0.1, 0.15) is 24.6 Å². The van der Waals surface area contributed by atoms with Crippen LogP contribution >= 0.6 is 0 Å². The summed E-state index contributed by atoms with van der Waals surface area (Å²) >= 11 is 0. The smallest absolute Gasteiger partial charge is 0.130 e. The largest absolute Gasteiger partial charge is 0.300 e. The number of Topliss-reactive ketones (excluding diaryl/α,β-unsaturated/α-hetero) is 1. The highest BCUT2D eigenvalue weighted by Gasteiger charge is 2.03. The molecule has 12 heavy (non-hydrogen) atoms. The first-order valence-corrected chi connectivity index (χ1v) is 4.08. The number of nitrogens with zero attached hydrogens (tertiary/aromatic N) is 2. The Bertz CT molecular complexity index is 289. The standard InChI is InChI=1S/C9H14N2O/c1-7-6-11(3)10-9(7)5-4-8(2)12/h6H,4-5H2,1-3H3. The fourth-order valence-corrected chi connectivity index (χ4v) is 1.19. The zero-order chi connectivity index (χ0) is 9.14. The summed E-state index contributed by atoms with van der Waals surface area (Å²) in [6.07, 6.45) is 3.33. The predicted octanol–water partition coefficient (Wildman–Crippen LogP) is 1.25. The summed E-state index contributed by atoms with van der Waals surface area (Å²) in [5.74, 6) is 0.222. The third kappa shape index (κ3) is 2.19. The lowest BCUT2D eigenvalue weighted by molar-refractivity contribution is -0.116. The maximum Gasteiger partial charge on any atom is 0.130 e. The second-order valence-corrected chi connectivity index (χ2v) is 3.13. The third-order valence-electron chi connectivity index (χ3n) is 1.83. The second kappa shape index (κ2) is 3.52. The first kappa shape index (κ1) is 8.97. The summed E-state index contributed by atoms with van der Waals surface area (Å²) < 4.78 is 1.78. The van der Waals surface area contributed by atoms with Crippen LogP contribution in [0.3, 0.4) is 0 Å². The molecule has 1 heterocycles. The Morgan fingerprint density at radius 1 is 1.67 bits per heavy atom. The van der Waals surface area contributed by atoms with E-state index in [-0.39, 0.29) is 5.78 Å². The van der Waals surface area contributed by atoms with Gasteiger partial charge in [-0.15, -0.1) is 0 Å². The zero-order valence-electron chi connectivity index (χ0n) is 7.79. The van der Waals surface area contributed by atoms with Crippen molar-refractivity contribution in [3.05, 3.63) is 17.5 Å². The average molecular weight is 166 g/mol. The topological polar surface area (TPSA) is 34.9 Å². The molecule has 0 radical (unpaired) electrons. The van der Waals surface area contributed by atoms with Gasteiger partial charge in [-0.25, -0.2) is 0 Å². The highest BCUT2D eigenvalue weighted by atomic mass is 16.1. The molecule has 3 heteroatoms. The minimum Gasteiger partial charge on any atom is -0.300 e. The van der Waals surface area contributed by atoms with Gasteiger partial charge < -0.3 is 4.79 Å². The van der Waals surface area contributed by atoms with Gasteiger partial charge >= 0.3 is 0 Å². The van der Waals surface area contributed by atoms with E-state index in [0.29, 0.717) is 6.42 Å². The van der Waals surface area contributed by atoms with Gasteiger partial charge in [0.2, 0.25) is 0 Å². The fraction of sp³-hybridized carbons (Fsp3) is 0.556. The van der Waals surface area contributed by atoms with Crippen LogP contribution in [0.5, 0.6) is 0 Å². The van der Waals surface area contributed by atoms with Crippen LogP contribution in [0.25, 0.3) is 0 Å². The second-order valence-electron chi connectivity index (χ2n) is 3.13. The Hall–Kier alpha value is -1.12. The van der Waals surface area contributed by atoms with Gasteiger partial charge in [0.1, 0.15) is 5.78 Å². The van der Waals surface area contributed by atoms with Crippen molar-refractivity contribution < 1.29 is 4.79 Å². The van der Waals surface area contributed by atoms with E-state index in [1.807, 2.05) is 20.2 Å². The molecule has 1 aromatic rings. The third-order valence-corrected chi connectivity index (χ3v) is 1.83. The lowest BCUT2D eigenvalue weighted by atomic mass is 10.1. The first-order valence-electron chi connectivity index (χ1n) is 4.08. The molecule has 0 atom stereocenters. The lowest BCUT2D eigenvalue weighted by Gasteiger charge is -1.93. The molecular formula is C9H14N2O. The molecule has 1 aromatic heterocycles. The molecule has 0 aliphatic heterocycles. The first-order chi connectivity index (χ1) is 5.59. The molecule has 0 aliphatic carbocycles. The van der Waals surface area contributed by atoms with Gasteiger partial charge in [0.15, 0.2) is 0 Å². The fourth-order valence-electron chi connectivity index (χ4n) is 1.19. The van der Waals surface area contributed by atoms with E-state index in [4.69, 9.17) is 0 Å². The molecule has 0 N–H and O–H groups in total. The Kier molecular flexibility index (Phi) is 2.63. The summed E-state index contributed by atoms with van der Waals surface area (Å²) in [6.45, 7) is 3.63. The average Bonchev–Trinajstić information content (AvgIpc) is 2.26. The summed E-state index contributed by atoms with van der Waals surface area (Å²) in [5, 5.41) is 4.25. The SMILES string of the molecule is CC(=O)CCc1nn(C)cc1C. The van der Waals surface area contributed by atoms with Crippen molar-refractivity contribution in [2.45, 2.75) is 26.7 Å². The van der Waals surface area contributed by atoms with Crippen LogP contribution in [-0.4, -0.2) is 15.6 Å². The molecule has 0 bridgehead atoms.